The molecule has 0 aliphatic rings. The number of ether oxygens (including phenoxy) is 1. The van der Waals surface area contributed by atoms with Gasteiger partial charge in [0, 0.05) is 23.4 Å². The predicted octanol–water partition coefficient (Wildman–Crippen LogP) is 2.88. The van der Waals surface area contributed by atoms with E-state index in [-0.39, 0.29) is 11.7 Å². The molecule has 3 aromatic rings. The molecule has 0 aliphatic heterocycles. The van der Waals surface area contributed by atoms with Gasteiger partial charge in [-0.2, -0.15) is 4.98 Å². The lowest BCUT2D eigenvalue weighted by atomic mass is 10.2. The van der Waals surface area contributed by atoms with Crippen molar-refractivity contribution in [3.8, 4) is 28.6 Å². The zero-order valence-electron chi connectivity index (χ0n) is 12.2. The lowest BCUT2D eigenvalue weighted by Crippen LogP contribution is -2.05. The summed E-state index contributed by atoms with van der Waals surface area (Å²) < 4.78 is 10.9. The van der Waals surface area contributed by atoms with Gasteiger partial charge in [-0.1, -0.05) is 5.16 Å². The van der Waals surface area contributed by atoms with Crippen molar-refractivity contribution in [3.05, 3.63) is 52.9 Å². The van der Waals surface area contributed by atoms with E-state index < -0.39 is 0 Å². The van der Waals surface area contributed by atoms with E-state index in [0.717, 1.165) is 11.3 Å². The summed E-state index contributed by atoms with van der Waals surface area (Å²) in [7, 11) is 0. The van der Waals surface area contributed by atoms with Crippen molar-refractivity contribution in [3.63, 3.8) is 0 Å². The molecule has 0 spiro atoms. The van der Waals surface area contributed by atoms with Crippen LogP contribution in [0.25, 0.3) is 22.8 Å². The number of rotatable bonds is 4. The molecule has 2 aromatic heterocycles. The van der Waals surface area contributed by atoms with E-state index >= 15 is 0 Å². The van der Waals surface area contributed by atoms with Crippen LogP contribution in [0.15, 0.2) is 51.9 Å². The fourth-order valence-corrected chi connectivity index (χ4v) is 1.96. The molecule has 0 bridgehead atoms. The number of benzene rings is 1. The van der Waals surface area contributed by atoms with Gasteiger partial charge in [0.05, 0.1) is 6.10 Å². The van der Waals surface area contributed by atoms with Crippen LogP contribution in [-0.2, 0) is 0 Å². The molecule has 0 amide bonds. The minimum Gasteiger partial charge on any atom is -0.491 e. The first-order valence-corrected chi connectivity index (χ1v) is 6.92. The Kier molecular flexibility index (Phi) is 3.74. The Labute approximate surface area is 126 Å². The molecule has 112 valence electrons. The summed E-state index contributed by atoms with van der Waals surface area (Å²) in [5.74, 6) is 1.63. The SMILES string of the molecule is CC(C)Oc1ccc(-c2nc(-c3ccc(=O)[nH]c3)no2)cc1. The maximum absolute atomic E-state index is 11.1. The summed E-state index contributed by atoms with van der Waals surface area (Å²) in [6.45, 7) is 3.95. The largest absolute Gasteiger partial charge is 0.491 e. The molecule has 6 nitrogen and oxygen atoms in total. The second-order valence-electron chi connectivity index (χ2n) is 5.06. The van der Waals surface area contributed by atoms with Gasteiger partial charge in [0.15, 0.2) is 0 Å². The number of hydrogen-bond acceptors (Lipinski definition) is 5. The van der Waals surface area contributed by atoms with Crippen molar-refractivity contribution in [2.75, 3.05) is 0 Å². The van der Waals surface area contributed by atoms with Gasteiger partial charge in [0.1, 0.15) is 5.75 Å². The summed E-state index contributed by atoms with van der Waals surface area (Å²) in [5.41, 5.74) is 1.32. The van der Waals surface area contributed by atoms with Crippen LogP contribution in [0.1, 0.15) is 13.8 Å². The number of nitrogens with one attached hydrogen (secondary N) is 1. The fraction of sp³-hybridized carbons (Fsp3) is 0.188. The molecule has 0 radical (unpaired) electrons. The number of hydrogen-bond donors (Lipinski definition) is 1. The highest BCUT2D eigenvalue weighted by Gasteiger charge is 2.11. The smallest absolute Gasteiger partial charge is 0.258 e. The van der Waals surface area contributed by atoms with Gasteiger partial charge in [-0.05, 0) is 44.2 Å². The van der Waals surface area contributed by atoms with E-state index in [1.807, 2.05) is 38.1 Å². The number of pyridine rings is 1. The standard InChI is InChI=1S/C16H15N3O3/c1-10(2)21-13-6-3-11(4-7-13)16-18-15(19-22-16)12-5-8-14(20)17-9-12/h3-10H,1-2H3,(H,17,20). The van der Waals surface area contributed by atoms with Crippen molar-refractivity contribution in [2.24, 2.45) is 0 Å². The Morgan fingerprint density at radius 1 is 1.09 bits per heavy atom. The summed E-state index contributed by atoms with van der Waals surface area (Å²) in [5, 5.41) is 3.92. The molecule has 1 aromatic carbocycles. The zero-order valence-corrected chi connectivity index (χ0v) is 12.2. The average Bonchev–Trinajstić information content (AvgIpc) is 2.98. The zero-order chi connectivity index (χ0) is 15.5. The van der Waals surface area contributed by atoms with E-state index in [2.05, 4.69) is 15.1 Å². The molecule has 0 unspecified atom stereocenters. The first kappa shape index (κ1) is 14.1. The summed E-state index contributed by atoms with van der Waals surface area (Å²) >= 11 is 0. The van der Waals surface area contributed by atoms with Crippen molar-refractivity contribution in [2.45, 2.75) is 20.0 Å². The lowest BCUT2D eigenvalue weighted by Gasteiger charge is -2.09. The molecular weight excluding hydrogens is 282 g/mol. The molecule has 22 heavy (non-hydrogen) atoms. The predicted molar refractivity (Wildman–Crippen MR) is 81.6 cm³/mol. The van der Waals surface area contributed by atoms with Gasteiger partial charge in [0.25, 0.3) is 5.89 Å². The Morgan fingerprint density at radius 3 is 2.45 bits per heavy atom. The van der Waals surface area contributed by atoms with Crippen LogP contribution in [0.5, 0.6) is 5.75 Å². The molecule has 0 aliphatic carbocycles. The third-order valence-corrected chi connectivity index (χ3v) is 2.94. The van der Waals surface area contributed by atoms with Crippen molar-refractivity contribution in [1.29, 1.82) is 0 Å². The maximum Gasteiger partial charge on any atom is 0.258 e. The summed E-state index contributed by atoms with van der Waals surface area (Å²) in [4.78, 5) is 18.0. The van der Waals surface area contributed by atoms with E-state index in [0.29, 0.717) is 17.3 Å². The van der Waals surface area contributed by atoms with Crippen LogP contribution in [-0.4, -0.2) is 21.2 Å². The lowest BCUT2D eigenvalue weighted by molar-refractivity contribution is 0.242. The van der Waals surface area contributed by atoms with Gasteiger partial charge in [-0.25, -0.2) is 0 Å². The van der Waals surface area contributed by atoms with E-state index in [1.165, 1.54) is 6.07 Å². The molecule has 0 fully saturated rings. The van der Waals surface area contributed by atoms with Crippen LogP contribution >= 0.6 is 0 Å². The number of aromatic amines is 1. The van der Waals surface area contributed by atoms with Crippen molar-refractivity contribution >= 4 is 0 Å². The average molecular weight is 297 g/mol. The van der Waals surface area contributed by atoms with Gasteiger partial charge in [0.2, 0.25) is 11.4 Å². The number of nitrogens with zero attached hydrogens (tertiary/aromatic N) is 2. The normalized spacial score (nSPS) is 10.9. The summed E-state index contributed by atoms with van der Waals surface area (Å²) in [6, 6.07) is 10.5. The highest BCUT2D eigenvalue weighted by atomic mass is 16.5. The van der Waals surface area contributed by atoms with Crippen LogP contribution in [0, 0.1) is 0 Å². The quantitative estimate of drug-likeness (QED) is 0.800. The van der Waals surface area contributed by atoms with Crippen LogP contribution in [0.4, 0.5) is 0 Å². The molecule has 1 N–H and O–H groups in total. The molecular formula is C16H15N3O3. The first-order valence-electron chi connectivity index (χ1n) is 6.92. The molecule has 0 saturated carbocycles. The third kappa shape index (κ3) is 3.06. The first-order chi connectivity index (χ1) is 10.6. The second kappa shape index (κ2) is 5.85. The topological polar surface area (TPSA) is 81.0 Å². The molecule has 0 atom stereocenters. The fourth-order valence-electron chi connectivity index (χ4n) is 1.96. The molecule has 0 saturated heterocycles. The Morgan fingerprint density at radius 2 is 1.82 bits per heavy atom. The Balaban J connectivity index is 1.84. The maximum atomic E-state index is 11.1. The van der Waals surface area contributed by atoms with Crippen LogP contribution in [0.3, 0.4) is 0 Å². The number of H-pyrrole nitrogens is 1. The van der Waals surface area contributed by atoms with Crippen molar-refractivity contribution < 1.29 is 9.26 Å². The molecule has 2 heterocycles. The van der Waals surface area contributed by atoms with Gasteiger partial charge >= 0.3 is 0 Å². The van der Waals surface area contributed by atoms with E-state index in [1.54, 1.807) is 12.3 Å². The highest BCUT2D eigenvalue weighted by Crippen LogP contribution is 2.23. The minimum absolute atomic E-state index is 0.126. The summed E-state index contributed by atoms with van der Waals surface area (Å²) in [6.07, 6.45) is 1.68. The molecule has 6 heteroatoms. The molecule has 3 rings (SSSR count). The monoisotopic (exact) mass is 297 g/mol. The van der Waals surface area contributed by atoms with Gasteiger partial charge in [-0.15, -0.1) is 0 Å². The van der Waals surface area contributed by atoms with E-state index in [4.69, 9.17) is 9.26 Å². The van der Waals surface area contributed by atoms with Crippen LogP contribution < -0.4 is 10.3 Å². The van der Waals surface area contributed by atoms with E-state index in [9.17, 15) is 4.79 Å². The number of aromatic nitrogens is 3. The van der Waals surface area contributed by atoms with Gasteiger partial charge < -0.3 is 14.2 Å². The minimum atomic E-state index is -0.173. The van der Waals surface area contributed by atoms with Crippen molar-refractivity contribution in [1.82, 2.24) is 15.1 Å². The Hall–Kier alpha value is -2.89. The third-order valence-electron chi connectivity index (χ3n) is 2.94. The highest BCUT2D eigenvalue weighted by molar-refractivity contribution is 5.59. The van der Waals surface area contributed by atoms with Crippen LogP contribution in [0.2, 0.25) is 0 Å². The Bertz CT molecular complexity index is 799. The second-order valence-corrected chi connectivity index (χ2v) is 5.06. The van der Waals surface area contributed by atoms with Gasteiger partial charge in [-0.3, -0.25) is 4.79 Å².